The van der Waals surface area contributed by atoms with Crippen LogP contribution < -0.4 is 5.19 Å². The van der Waals surface area contributed by atoms with Crippen LogP contribution >= 0.6 is 0 Å². The summed E-state index contributed by atoms with van der Waals surface area (Å²) in [7, 11) is -2.11. The van der Waals surface area contributed by atoms with Gasteiger partial charge in [-0.15, -0.1) is 0 Å². The second-order valence-corrected chi connectivity index (χ2v) is 10.3. The fourth-order valence-corrected chi connectivity index (χ4v) is 7.45. The first kappa shape index (κ1) is 16.2. The van der Waals surface area contributed by atoms with Crippen LogP contribution in [0.1, 0.15) is 34.1 Å². The van der Waals surface area contributed by atoms with Gasteiger partial charge in [-0.25, -0.2) is 0 Å². The smallest absolute Gasteiger partial charge is 0.229 e. The van der Waals surface area contributed by atoms with Crippen LogP contribution in [0.2, 0.25) is 11.1 Å². The maximum atomic E-state index is 9.46. The lowest BCUT2D eigenvalue weighted by atomic mass is 10.3. The zero-order valence-electron chi connectivity index (χ0n) is 12.4. The van der Waals surface area contributed by atoms with E-state index in [4.69, 9.17) is 9.53 Å². The molecule has 1 aromatic carbocycles. The van der Waals surface area contributed by atoms with E-state index in [2.05, 4.69) is 27.7 Å². The summed E-state index contributed by atoms with van der Waals surface area (Å²) in [5, 5.41) is 19.6. The number of aromatic hydroxyl groups is 1. The average molecular weight is 282 g/mol. The summed E-state index contributed by atoms with van der Waals surface area (Å²) in [5.41, 5.74) is 0.881. The van der Waals surface area contributed by atoms with Crippen LogP contribution in [0, 0.1) is 0 Å². The van der Waals surface area contributed by atoms with Crippen molar-refractivity contribution in [3.63, 3.8) is 0 Å². The largest absolute Gasteiger partial charge is 0.508 e. The SMILES string of the molecule is CC(C)[Si](OCCCO)(c1ccc(O)cc1)C(C)C. The van der Waals surface area contributed by atoms with E-state index in [9.17, 15) is 5.11 Å². The second kappa shape index (κ2) is 7.08. The van der Waals surface area contributed by atoms with Gasteiger partial charge in [-0.1, -0.05) is 39.8 Å². The standard InChI is InChI=1S/C15H26O3Si/c1-12(2)19(13(3)4,18-11-5-10-16)15-8-6-14(17)7-9-15/h6-9,12-13,16-17H,5,10-11H2,1-4H3. The van der Waals surface area contributed by atoms with Gasteiger partial charge in [0.15, 0.2) is 0 Å². The van der Waals surface area contributed by atoms with Crippen molar-refractivity contribution < 1.29 is 14.6 Å². The third kappa shape index (κ3) is 3.59. The maximum Gasteiger partial charge on any atom is 0.229 e. The van der Waals surface area contributed by atoms with E-state index in [1.165, 1.54) is 5.19 Å². The average Bonchev–Trinajstić information content (AvgIpc) is 2.35. The number of hydrogen-bond donors (Lipinski definition) is 2. The van der Waals surface area contributed by atoms with Gasteiger partial charge < -0.3 is 14.6 Å². The Bertz CT molecular complexity index is 365. The molecule has 0 heterocycles. The lowest BCUT2D eigenvalue weighted by molar-refractivity contribution is 0.224. The first-order valence-electron chi connectivity index (χ1n) is 6.99. The van der Waals surface area contributed by atoms with Gasteiger partial charge in [-0.05, 0) is 34.8 Å². The molecule has 0 spiro atoms. The van der Waals surface area contributed by atoms with E-state index in [0.29, 0.717) is 24.1 Å². The van der Waals surface area contributed by atoms with E-state index in [1.54, 1.807) is 12.1 Å². The molecule has 2 N–H and O–H groups in total. The Kier molecular flexibility index (Phi) is 6.04. The van der Waals surface area contributed by atoms with Gasteiger partial charge >= 0.3 is 0 Å². The van der Waals surface area contributed by atoms with Crippen molar-refractivity contribution in [2.24, 2.45) is 0 Å². The number of benzene rings is 1. The Morgan fingerprint density at radius 1 is 1.05 bits per heavy atom. The van der Waals surface area contributed by atoms with E-state index < -0.39 is 8.32 Å². The predicted molar refractivity (Wildman–Crippen MR) is 81.3 cm³/mol. The Morgan fingerprint density at radius 2 is 1.58 bits per heavy atom. The van der Waals surface area contributed by atoms with Gasteiger partial charge in [0.1, 0.15) is 5.75 Å². The van der Waals surface area contributed by atoms with E-state index in [1.807, 2.05) is 12.1 Å². The minimum atomic E-state index is -2.11. The van der Waals surface area contributed by atoms with Crippen molar-refractivity contribution in [3.05, 3.63) is 24.3 Å². The molecule has 0 aliphatic heterocycles. The second-order valence-electron chi connectivity index (χ2n) is 5.58. The lowest BCUT2D eigenvalue weighted by Gasteiger charge is -2.39. The van der Waals surface area contributed by atoms with E-state index in [0.717, 1.165) is 0 Å². The first-order valence-corrected chi connectivity index (χ1v) is 9.05. The van der Waals surface area contributed by atoms with Crippen LogP contribution in [0.5, 0.6) is 5.75 Å². The van der Waals surface area contributed by atoms with Gasteiger partial charge in [0, 0.05) is 13.2 Å². The highest BCUT2D eigenvalue weighted by Gasteiger charge is 2.43. The number of aliphatic hydroxyl groups is 1. The van der Waals surface area contributed by atoms with Gasteiger partial charge in [0.05, 0.1) is 0 Å². The number of phenolic OH excluding ortho intramolecular Hbond substituents is 1. The number of aliphatic hydroxyl groups excluding tert-OH is 1. The summed E-state index contributed by atoms with van der Waals surface area (Å²) in [6, 6.07) is 7.44. The fraction of sp³-hybridized carbons (Fsp3) is 0.600. The number of phenols is 1. The molecule has 0 aliphatic carbocycles. The summed E-state index contributed by atoms with van der Waals surface area (Å²) in [5.74, 6) is 0.287. The summed E-state index contributed by atoms with van der Waals surface area (Å²) >= 11 is 0. The Balaban J connectivity index is 3.11. The van der Waals surface area contributed by atoms with Crippen LogP contribution in [-0.4, -0.2) is 31.7 Å². The Labute approximate surface area is 117 Å². The molecule has 1 aromatic rings. The number of hydrogen-bond acceptors (Lipinski definition) is 3. The molecule has 3 nitrogen and oxygen atoms in total. The topological polar surface area (TPSA) is 49.7 Å². The molecule has 0 unspecified atom stereocenters. The highest BCUT2D eigenvalue weighted by molar-refractivity contribution is 6.88. The van der Waals surface area contributed by atoms with Crippen molar-refractivity contribution in [1.82, 2.24) is 0 Å². The molecule has 108 valence electrons. The summed E-state index contributed by atoms with van der Waals surface area (Å²) in [6.07, 6.45) is 0.673. The van der Waals surface area contributed by atoms with Crippen LogP contribution in [-0.2, 0) is 4.43 Å². The molecular weight excluding hydrogens is 256 g/mol. The Hall–Kier alpha value is -0.843. The molecule has 0 fully saturated rings. The minimum absolute atomic E-state index is 0.163. The fourth-order valence-electron chi connectivity index (χ4n) is 2.78. The minimum Gasteiger partial charge on any atom is -0.508 e. The maximum absolute atomic E-state index is 9.46. The molecule has 0 saturated heterocycles. The lowest BCUT2D eigenvalue weighted by Crippen LogP contribution is -2.56. The molecular formula is C15H26O3Si. The highest BCUT2D eigenvalue weighted by atomic mass is 28.4. The van der Waals surface area contributed by atoms with Gasteiger partial charge in [-0.2, -0.15) is 0 Å². The summed E-state index contributed by atoms with van der Waals surface area (Å²) in [4.78, 5) is 0. The molecule has 0 bridgehead atoms. The highest BCUT2D eigenvalue weighted by Crippen LogP contribution is 2.33. The van der Waals surface area contributed by atoms with Crippen molar-refractivity contribution in [3.8, 4) is 5.75 Å². The molecule has 0 amide bonds. The predicted octanol–water partition coefficient (Wildman–Crippen LogP) is 2.76. The van der Waals surface area contributed by atoms with Crippen LogP contribution in [0.4, 0.5) is 0 Å². The number of rotatable bonds is 7. The van der Waals surface area contributed by atoms with E-state index in [-0.39, 0.29) is 12.4 Å². The third-order valence-electron chi connectivity index (χ3n) is 3.68. The third-order valence-corrected chi connectivity index (χ3v) is 9.03. The van der Waals surface area contributed by atoms with Crippen molar-refractivity contribution in [1.29, 1.82) is 0 Å². The van der Waals surface area contributed by atoms with Crippen LogP contribution in [0.15, 0.2) is 24.3 Å². The molecule has 0 aliphatic rings. The molecule has 1 rings (SSSR count). The molecule has 4 heteroatoms. The summed E-state index contributed by atoms with van der Waals surface area (Å²) < 4.78 is 6.32. The van der Waals surface area contributed by atoms with Crippen molar-refractivity contribution >= 4 is 13.5 Å². The molecule has 0 atom stereocenters. The zero-order valence-corrected chi connectivity index (χ0v) is 13.4. The van der Waals surface area contributed by atoms with Crippen molar-refractivity contribution in [2.45, 2.75) is 45.2 Å². The van der Waals surface area contributed by atoms with Crippen LogP contribution in [0.25, 0.3) is 0 Å². The van der Waals surface area contributed by atoms with Gasteiger partial charge in [0.25, 0.3) is 0 Å². The molecule has 19 heavy (non-hydrogen) atoms. The quantitative estimate of drug-likeness (QED) is 0.597. The van der Waals surface area contributed by atoms with E-state index >= 15 is 0 Å². The molecule has 0 aromatic heterocycles. The van der Waals surface area contributed by atoms with Crippen LogP contribution in [0.3, 0.4) is 0 Å². The zero-order chi connectivity index (χ0) is 14.5. The first-order chi connectivity index (χ1) is 8.95. The normalized spacial score (nSPS) is 12.4. The molecule has 0 radical (unpaired) electrons. The van der Waals surface area contributed by atoms with Crippen molar-refractivity contribution in [2.75, 3.05) is 13.2 Å². The van der Waals surface area contributed by atoms with Gasteiger partial charge in [0.2, 0.25) is 8.32 Å². The Morgan fingerprint density at radius 3 is 2.00 bits per heavy atom. The summed E-state index contributed by atoms with van der Waals surface area (Å²) in [6.45, 7) is 9.59. The monoisotopic (exact) mass is 282 g/mol. The molecule has 0 saturated carbocycles. The van der Waals surface area contributed by atoms with Gasteiger partial charge in [-0.3, -0.25) is 0 Å².